The van der Waals surface area contributed by atoms with E-state index in [1.165, 1.54) is 0 Å². The smallest absolute Gasteiger partial charge is 0.225 e. The van der Waals surface area contributed by atoms with E-state index in [0.29, 0.717) is 25.3 Å². The zero-order valence-corrected chi connectivity index (χ0v) is 12.4. The number of carbonyl (C=O) groups is 1. The first-order valence-electron chi connectivity index (χ1n) is 7.13. The minimum Gasteiger partial charge on any atom is -0.494 e. The molecule has 2 aromatic rings. The molecule has 0 spiro atoms. The minimum atomic E-state index is -0.0388. The first kappa shape index (κ1) is 15.0. The molecule has 1 heterocycles. The van der Waals surface area contributed by atoms with Gasteiger partial charge in [0.1, 0.15) is 11.6 Å². The molecule has 1 amide bonds. The molecule has 4 heteroatoms. The van der Waals surface area contributed by atoms with E-state index in [2.05, 4.69) is 10.3 Å². The number of nitrogens with one attached hydrogen (secondary N) is 1. The van der Waals surface area contributed by atoms with Crippen LogP contribution in [0.25, 0.3) is 0 Å². The van der Waals surface area contributed by atoms with Gasteiger partial charge in [-0.15, -0.1) is 0 Å². The molecular weight excluding hydrogens is 264 g/mol. The topological polar surface area (TPSA) is 51.2 Å². The van der Waals surface area contributed by atoms with Crippen LogP contribution in [0.3, 0.4) is 0 Å². The van der Waals surface area contributed by atoms with E-state index in [9.17, 15) is 4.79 Å². The Labute approximate surface area is 125 Å². The lowest BCUT2D eigenvalue weighted by molar-refractivity contribution is -0.116. The summed E-state index contributed by atoms with van der Waals surface area (Å²) in [6, 6.07) is 11.6. The van der Waals surface area contributed by atoms with Crippen molar-refractivity contribution < 1.29 is 9.53 Å². The van der Waals surface area contributed by atoms with Crippen molar-refractivity contribution in [1.29, 1.82) is 0 Å². The number of para-hydroxylation sites is 1. The molecule has 1 aromatic carbocycles. The number of ether oxygens (including phenoxy) is 1. The zero-order valence-electron chi connectivity index (χ0n) is 12.4. The zero-order chi connectivity index (χ0) is 15.1. The lowest BCUT2D eigenvalue weighted by Crippen LogP contribution is -2.14. The fraction of sp³-hybridized carbons (Fsp3) is 0.294. The maximum atomic E-state index is 12.0. The third kappa shape index (κ3) is 4.31. The molecule has 0 radical (unpaired) electrons. The van der Waals surface area contributed by atoms with Gasteiger partial charge in [-0.05, 0) is 43.5 Å². The van der Waals surface area contributed by atoms with Gasteiger partial charge in [-0.2, -0.15) is 0 Å². The number of benzene rings is 1. The lowest BCUT2D eigenvalue weighted by Gasteiger charge is -2.10. The van der Waals surface area contributed by atoms with Crippen LogP contribution in [0, 0.1) is 6.92 Å². The Hall–Kier alpha value is -2.36. The number of rotatable bonds is 6. The Morgan fingerprint density at radius 3 is 2.81 bits per heavy atom. The first-order chi connectivity index (χ1) is 10.2. The summed E-state index contributed by atoms with van der Waals surface area (Å²) in [5.41, 5.74) is 2.01. The van der Waals surface area contributed by atoms with Crippen molar-refractivity contribution in [3.8, 4) is 5.75 Å². The monoisotopic (exact) mass is 284 g/mol. The maximum Gasteiger partial charge on any atom is 0.225 e. The van der Waals surface area contributed by atoms with Crippen LogP contribution in [0.15, 0.2) is 42.6 Å². The Balaban J connectivity index is 1.94. The van der Waals surface area contributed by atoms with Crippen LogP contribution in [-0.2, 0) is 11.2 Å². The van der Waals surface area contributed by atoms with Gasteiger partial charge in [0.15, 0.2) is 0 Å². The molecule has 0 aliphatic rings. The standard InChI is InChI=1S/C17H20N2O2/c1-3-21-15-9-5-4-8-14(15)10-11-16(20)19-17-13(2)7-6-12-18-17/h4-9,12H,3,10-11H2,1-2H3,(H,18,19,20). The molecule has 21 heavy (non-hydrogen) atoms. The highest BCUT2D eigenvalue weighted by Crippen LogP contribution is 2.20. The van der Waals surface area contributed by atoms with E-state index in [1.807, 2.05) is 50.2 Å². The number of anilines is 1. The second-order valence-corrected chi connectivity index (χ2v) is 4.76. The number of nitrogens with zero attached hydrogens (tertiary/aromatic N) is 1. The number of hydrogen-bond acceptors (Lipinski definition) is 3. The van der Waals surface area contributed by atoms with Crippen molar-refractivity contribution >= 4 is 11.7 Å². The van der Waals surface area contributed by atoms with Crippen molar-refractivity contribution in [3.05, 3.63) is 53.7 Å². The van der Waals surface area contributed by atoms with Crippen molar-refractivity contribution in [3.63, 3.8) is 0 Å². The van der Waals surface area contributed by atoms with Gasteiger partial charge in [-0.3, -0.25) is 4.79 Å². The molecule has 0 saturated heterocycles. The summed E-state index contributed by atoms with van der Waals surface area (Å²) in [6.07, 6.45) is 2.72. The molecule has 0 fully saturated rings. The second-order valence-electron chi connectivity index (χ2n) is 4.76. The van der Waals surface area contributed by atoms with Gasteiger partial charge >= 0.3 is 0 Å². The van der Waals surface area contributed by atoms with Crippen LogP contribution in [0.5, 0.6) is 5.75 Å². The molecule has 0 aliphatic carbocycles. The Morgan fingerprint density at radius 2 is 2.05 bits per heavy atom. The second kappa shape index (κ2) is 7.43. The lowest BCUT2D eigenvalue weighted by atomic mass is 10.1. The van der Waals surface area contributed by atoms with Gasteiger partial charge in [0.25, 0.3) is 0 Å². The molecule has 4 nitrogen and oxygen atoms in total. The average Bonchev–Trinajstić information content (AvgIpc) is 2.49. The van der Waals surface area contributed by atoms with Crippen LogP contribution in [0.4, 0.5) is 5.82 Å². The van der Waals surface area contributed by atoms with E-state index in [4.69, 9.17) is 4.74 Å². The summed E-state index contributed by atoms with van der Waals surface area (Å²) >= 11 is 0. The number of amides is 1. The fourth-order valence-corrected chi connectivity index (χ4v) is 2.07. The number of aryl methyl sites for hydroxylation is 2. The third-order valence-electron chi connectivity index (χ3n) is 3.16. The van der Waals surface area contributed by atoms with Gasteiger partial charge in [0.05, 0.1) is 6.61 Å². The summed E-state index contributed by atoms with van der Waals surface area (Å²) < 4.78 is 5.56. The SMILES string of the molecule is CCOc1ccccc1CCC(=O)Nc1ncccc1C. The van der Waals surface area contributed by atoms with Crippen LogP contribution in [0.1, 0.15) is 24.5 Å². The van der Waals surface area contributed by atoms with Crippen molar-refractivity contribution in [1.82, 2.24) is 4.98 Å². The summed E-state index contributed by atoms with van der Waals surface area (Å²) in [5, 5.41) is 2.84. The maximum absolute atomic E-state index is 12.0. The van der Waals surface area contributed by atoms with E-state index in [1.54, 1.807) is 6.20 Å². The molecule has 0 unspecified atom stereocenters. The van der Waals surface area contributed by atoms with Crippen molar-refractivity contribution in [2.24, 2.45) is 0 Å². The van der Waals surface area contributed by atoms with Crippen LogP contribution in [-0.4, -0.2) is 17.5 Å². The third-order valence-corrected chi connectivity index (χ3v) is 3.16. The van der Waals surface area contributed by atoms with Gasteiger partial charge in [-0.1, -0.05) is 24.3 Å². The Morgan fingerprint density at radius 1 is 1.24 bits per heavy atom. The molecule has 2 rings (SSSR count). The number of pyridine rings is 1. The predicted octanol–water partition coefficient (Wildman–Crippen LogP) is 3.36. The molecule has 0 aliphatic heterocycles. The van der Waals surface area contributed by atoms with E-state index in [-0.39, 0.29) is 5.91 Å². The summed E-state index contributed by atoms with van der Waals surface area (Å²) in [6.45, 7) is 4.50. The summed E-state index contributed by atoms with van der Waals surface area (Å²) in [7, 11) is 0. The highest BCUT2D eigenvalue weighted by molar-refractivity contribution is 5.90. The predicted molar refractivity (Wildman–Crippen MR) is 83.5 cm³/mol. The highest BCUT2D eigenvalue weighted by Gasteiger charge is 2.08. The highest BCUT2D eigenvalue weighted by atomic mass is 16.5. The quantitative estimate of drug-likeness (QED) is 0.885. The van der Waals surface area contributed by atoms with Crippen LogP contribution < -0.4 is 10.1 Å². The number of carbonyl (C=O) groups excluding carboxylic acids is 1. The number of aromatic nitrogens is 1. The fourth-order valence-electron chi connectivity index (χ4n) is 2.07. The minimum absolute atomic E-state index is 0.0388. The van der Waals surface area contributed by atoms with Gasteiger partial charge in [0.2, 0.25) is 5.91 Å². The van der Waals surface area contributed by atoms with E-state index >= 15 is 0 Å². The molecule has 110 valence electrons. The van der Waals surface area contributed by atoms with Gasteiger partial charge in [0, 0.05) is 12.6 Å². The Kier molecular flexibility index (Phi) is 5.32. The largest absolute Gasteiger partial charge is 0.494 e. The number of hydrogen-bond donors (Lipinski definition) is 1. The van der Waals surface area contributed by atoms with Gasteiger partial charge < -0.3 is 10.1 Å². The van der Waals surface area contributed by atoms with Crippen LogP contribution in [0.2, 0.25) is 0 Å². The van der Waals surface area contributed by atoms with Gasteiger partial charge in [-0.25, -0.2) is 4.98 Å². The van der Waals surface area contributed by atoms with Crippen molar-refractivity contribution in [2.75, 3.05) is 11.9 Å². The molecular formula is C17H20N2O2. The Bertz CT molecular complexity index is 611. The first-order valence-corrected chi connectivity index (χ1v) is 7.13. The average molecular weight is 284 g/mol. The van der Waals surface area contributed by atoms with Crippen LogP contribution >= 0.6 is 0 Å². The molecule has 0 saturated carbocycles. The molecule has 1 N–H and O–H groups in total. The molecule has 0 atom stereocenters. The summed E-state index contributed by atoms with van der Waals surface area (Å²) in [5.74, 6) is 1.44. The van der Waals surface area contributed by atoms with E-state index in [0.717, 1.165) is 16.9 Å². The normalized spacial score (nSPS) is 10.2. The molecule has 0 bridgehead atoms. The molecule has 1 aromatic heterocycles. The van der Waals surface area contributed by atoms with Crippen molar-refractivity contribution in [2.45, 2.75) is 26.7 Å². The summed E-state index contributed by atoms with van der Waals surface area (Å²) in [4.78, 5) is 16.2. The van der Waals surface area contributed by atoms with E-state index < -0.39 is 0 Å².